The molecule has 3 N–H and O–H groups in total. The quantitative estimate of drug-likeness (QED) is 0.790. The molecular weight excluding hydrogens is 210 g/mol. The summed E-state index contributed by atoms with van der Waals surface area (Å²) in [7, 11) is 0. The van der Waals surface area contributed by atoms with Gasteiger partial charge in [-0.1, -0.05) is 19.1 Å². The zero-order valence-corrected chi connectivity index (χ0v) is 9.98. The van der Waals surface area contributed by atoms with Crippen molar-refractivity contribution in [2.75, 3.05) is 11.1 Å². The third-order valence-electron chi connectivity index (χ3n) is 2.71. The summed E-state index contributed by atoms with van der Waals surface area (Å²) in [5.74, 6) is 0. The lowest BCUT2D eigenvalue weighted by molar-refractivity contribution is 0.972. The van der Waals surface area contributed by atoms with Gasteiger partial charge in [0.25, 0.3) is 0 Å². The van der Waals surface area contributed by atoms with E-state index < -0.39 is 0 Å². The first kappa shape index (κ1) is 11.5. The molecule has 17 heavy (non-hydrogen) atoms. The minimum Gasteiger partial charge on any atom is -0.399 e. The molecule has 3 heteroatoms. The number of nitrogen functional groups attached to an aromatic ring is 1. The highest BCUT2D eigenvalue weighted by atomic mass is 14.9. The second-order valence-electron chi connectivity index (χ2n) is 3.94. The van der Waals surface area contributed by atoms with Crippen molar-refractivity contribution >= 4 is 11.4 Å². The first-order valence-corrected chi connectivity index (χ1v) is 5.81. The van der Waals surface area contributed by atoms with Crippen molar-refractivity contribution in [3.8, 4) is 0 Å². The summed E-state index contributed by atoms with van der Waals surface area (Å²) < 4.78 is 0. The molecule has 0 amide bonds. The Kier molecular flexibility index (Phi) is 3.60. The second-order valence-corrected chi connectivity index (χ2v) is 3.94. The first-order valence-electron chi connectivity index (χ1n) is 5.81. The molecule has 0 aliphatic heterocycles. The smallest absolute Gasteiger partial charge is 0.0626 e. The molecule has 3 nitrogen and oxygen atoms in total. The van der Waals surface area contributed by atoms with Crippen LogP contribution < -0.4 is 11.1 Å². The summed E-state index contributed by atoms with van der Waals surface area (Å²) in [6, 6.07) is 11.8. The number of hydrogen-bond acceptors (Lipinski definition) is 3. The van der Waals surface area contributed by atoms with Crippen molar-refractivity contribution in [2.45, 2.75) is 19.9 Å². The van der Waals surface area contributed by atoms with Crippen molar-refractivity contribution in [3.05, 3.63) is 53.9 Å². The Hall–Kier alpha value is -2.03. The van der Waals surface area contributed by atoms with Crippen molar-refractivity contribution in [3.63, 3.8) is 0 Å². The number of anilines is 2. The van der Waals surface area contributed by atoms with E-state index in [-0.39, 0.29) is 0 Å². The fraction of sp³-hybridized carbons (Fsp3) is 0.214. The lowest BCUT2D eigenvalue weighted by atomic mass is 10.1. The molecule has 0 radical (unpaired) electrons. The monoisotopic (exact) mass is 227 g/mol. The molecule has 0 bridgehead atoms. The van der Waals surface area contributed by atoms with Crippen LogP contribution in [0.1, 0.15) is 18.2 Å². The first-order chi connectivity index (χ1) is 8.29. The molecule has 0 saturated heterocycles. The molecule has 88 valence electrons. The van der Waals surface area contributed by atoms with Crippen molar-refractivity contribution < 1.29 is 0 Å². The molecule has 0 aliphatic rings. The molecule has 0 atom stereocenters. The number of nitrogens with zero attached hydrogens (tertiary/aromatic N) is 1. The summed E-state index contributed by atoms with van der Waals surface area (Å²) in [6.07, 6.45) is 2.83. The average Bonchev–Trinajstić information content (AvgIpc) is 2.37. The van der Waals surface area contributed by atoms with Gasteiger partial charge in [0.1, 0.15) is 0 Å². The second kappa shape index (κ2) is 5.34. The molecule has 0 unspecified atom stereocenters. The van der Waals surface area contributed by atoms with Gasteiger partial charge in [0.05, 0.1) is 12.2 Å². The van der Waals surface area contributed by atoms with Crippen LogP contribution >= 0.6 is 0 Å². The molecule has 2 rings (SSSR count). The van der Waals surface area contributed by atoms with Gasteiger partial charge in [-0.05, 0) is 36.2 Å². The van der Waals surface area contributed by atoms with E-state index in [2.05, 4.69) is 23.3 Å². The Bertz CT molecular complexity index is 494. The summed E-state index contributed by atoms with van der Waals surface area (Å²) in [6.45, 7) is 2.87. The number of nitrogens with one attached hydrogen (secondary N) is 1. The van der Waals surface area contributed by atoms with E-state index in [4.69, 9.17) is 5.73 Å². The Morgan fingerprint density at radius 1 is 1.24 bits per heavy atom. The fourth-order valence-electron chi connectivity index (χ4n) is 1.79. The SMILES string of the molecule is CCc1cccnc1CNc1cccc(N)c1. The van der Waals surface area contributed by atoms with E-state index in [0.29, 0.717) is 0 Å². The van der Waals surface area contributed by atoms with E-state index in [9.17, 15) is 0 Å². The average molecular weight is 227 g/mol. The van der Waals surface area contributed by atoms with Crippen LogP contribution in [0.15, 0.2) is 42.6 Å². The topological polar surface area (TPSA) is 50.9 Å². The molecule has 1 aromatic carbocycles. The van der Waals surface area contributed by atoms with Crippen LogP contribution in [-0.4, -0.2) is 4.98 Å². The van der Waals surface area contributed by atoms with Crippen LogP contribution in [-0.2, 0) is 13.0 Å². The van der Waals surface area contributed by atoms with Gasteiger partial charge in [-0.15, -0.1) is 0 Å². The summed E-state index contributed by atoms with van der Waals surface area (Å²) in [5.41, 5.74) is 9.90. The normalized spacial score (nSPS) is 10.2. The molecule has 1 aromatic heterocycles. The lowest BCUT2D eigenvalue weighted by Gasteiger charge is -2.09. The number of benzene rings is 1. The van der Waals surface area contributed by atoms with Gasteiger partial charge < -0.3 is 11.1 Å². The molecule has 2 aromatic rings. The fourth-order valence-corrected chi connectivity index (χ4v) is 1.79. The van der Waals surface area contributed by atoms with Gasteiger partial charge in [-0.25, -0.2) is 0 Å². The highest BCUT2D eigenvalue weighted by Crippen LogP contribution is 2.14. The van der Waals surface area contributed by atoms with Crippen molar-refractivity contribution in [1.29, 1.82) is 0 Å². The van der Waals surface area contributed by atoms with E-state index in [0.717, 1.165) is 30.0 Å². The number of nitrogens with two attached hydrogens (primary N) is 1. The molecule has 0 aliphatic carbocycles. The summed E-state index contributed by atoms with van der Waals surface area (Å²) in [4.78, 5) is 4.39. The Morgan fingerprint density at radius 3 is 2.88 bits per heavy atom. The maximum absolute atomic E-state index is 5.73. The van der Waals surface area contributed by atoms with E-state index in [1.807, 2.05) is 36.5 Å². The zero-order valence-electron chi connectivity index (χ0n) is 9.98. The molecule has 0 spiro atoms. The maximum Gasteiger partial charge on any atom is 0.0626 e. The van der Waals surface area contributed by atoms with Crippen LogP contribution in [0.2, 0.25) is 0 Å². The Labute approximate surface area is 102 Å². The highest BCUT2D eigenvalue weighted by Gasteiger charge is 2.01. The third-order valence-corrected chi connectivity index (χ3v) is 2.71. The van der Waals surface area contributed by atoms with Crippen LogP contribution in [0.5, 0.6) is 0 Å². The Balaban J connectivity index is 2.07. The van der Waals surface area contributed by atoms with Crippen LogP contribution in [0.4, 0.5) is 11.4 Å². The van der Waals surface area contributed by atoms with Gasteiger partial charge >= 0.3 is 0 Å². The van der Waals surface area contributed by atoms with Crippen LogP contribution in [0.25, 0.3) is 0 Å². The van der Waals surface area contributed by atoms with Gasteiger partial charge in [0.2, 0.25) is 0 Å². The molecular formula is C14H17N3. The van der Waals surface area contributed by atoms with Gasteiger partial charge in [0, 0.05) is 17.6 Å². The van der Waals surface area contributed by atoms with E-state index in [1.165, 1.54) is 5.56 Å². The van der Waals surface area contributed by atoms with Crippen molar-refractivity contribution in [1.82, 2.24) is 4.98 Å². The van der Waals surface area contributed by atoms with Crippen molar-refractivity contribution in [2.24, 2.45) is 0 Å². The number of aromatic nitrogens is 1. The van der Waals surface area contributed by atoms with Gasteiger partial charge in [-0.2, -0.15) is 0 Å². The Morgan fingerprint density at radius 2 is 2.12 bits per heavy atom. The number of hydrogen-bond donors (Lipinski definition) is 2. The molecule has 0 fully saturated rings. The predicted octanol–water partition coefficient (Wildman–Crippen LogP) is 2.84. The molecule has 0 saturated carbocycles. The standard InChI is InChI=1S/C14H17N3/c1-2-11-5-4-8-16-14(11)10-17-13-7-3-6-12(15)9-13/h3-9,17H,2,10,15H2,1H3. The number of pyridine rings is 1. The minimum absolute atomic E-state index is 0.730. The zero-order chi connectivity index (χ0) is 12.1. The number of aryl methyl sites for hydroxylation is 1. The van der Waals surface area contributed by atoms with Gasteiger partial charge in [-0.3, -0.25) is 4.98 Å². The largest absolute Gasteiger partial charge is 0.399 e. The molecule has 1 heterocycles. The minimum atomic E-state index is 0.730. The van der Waals surface area contributed by atoms with Crippen LogP contribution in [0.3, 0.4) is 0 Å². The predicted molar refractivity (Wildman–Crippen MR) is 71.8 cm³/mol. The lowest BCUT2D eigenvalue weighted by Crippen LogP contribution is -2.05. The highest BCUT2D eigenvalue weighted by molar-refractivity contribution is 5.54. The maximum atomic E-state index is 5.73. The summed E-state index contributed by atoms with van der Waals surface area (Å²) >= 11 is 0. The third kappa shape index (κ3) is 2.97. The number of rotatable bonds is 4. The van der Waals surface area contributed by atoms with E-state index >= 15 is 0 Å². The van der Waals surface area contributed by atoms with Crippen LogP contribution in [0, 0.1) is 0 Å². The van der Waals surface area contributed by atoms with E-state index in [1.54, 1.807) is 0 Å². The van der Waals surface area contributed by atoms with Gasteiger partial charge in [0.15, 0.2) is 0 Å². The summed E-state index contributed by atoms with van der Waals surface area (Å²) in [5, 5.41) is 3.33.